The summed E-state index contributed by atoms with van der Waals surface area (Å²) < 4.78 is 0. The fourth-order valence-corrected chi connectivity index (χ4v) is 0.248. The molecule has 48 valence electrons. The van der Waals surface area contributed by atoms with Crippen LogP contribution in [0.1, 0.15) is 6.92 Å². The lowest BCUT2D eigenvalue weighted by molar-refractivity contribution is 1.41. The highest BCUT2D eigenvalue weighted by Gasteiger charge is 1.71. The topological polar surface area (TPSA) is 38.4 Å². The molecular weight excluding hydrogens is 112 g/mol. The van der Waals surface area contributed by atoms with E-state index in [1.54, 1.807) is 12.2 Å². The van der Waals surface area contributed by atoms with Gasteiger partial charge in [0, 0.05) is 18.0 Å². The predicted molar refractivity (Wildman–Crippen MR) is 40.1 cm³/mol. The second-order valence-electron chi connectivity index (χ2n) is 1.37. The quantitative estimate of drug-likeness (QED) is 0.434. The molecular formula is C7H10N2. The predicted octanol–water partition coefficient (Wildman–Crippen LogP) is 1.22. The number of rotatable bonds is 2. The molecule has 0 saturated carbocycles. The summed E-state index contributed by atoms with van der Waals surface area (Å²) in [5, 5.41) is 0. The van der Waals surface area contributed by atoms with Crippen molar-refractivity contribution in [3.05, 3.63) is 30.6 Å². The number of nitrogens with two attached hydrogens (primary N) is 1. The van der Waals surface area contributed by atoms with Gasteiger partial charge in [0.1, 0.15) is 0 Å². The van der Waals surface area contributed by atoms with Crippen molar-refractivity contribution in [3.63, 3.8) is 0 Å². The zero-order chi connectivity index (χ0) is 7.11. The Labute approximate surface area is 55.1 Å². The molecule has 0 spiro atoms. The van der Waals surface area contributed by atoms with E-state index in [0.717, 1.165) is 0 Å². The lowest BCUT2D eigenvalue weighted by Gasteiger charge is -1.80. The number of aliphatic imine (C=N–C) groups is 1. The van der Waals surface area contributed by atoms with Crippen molar-refractivity contribution in [1.29, 1.82) is 0 Å². The van der Waals surface area contributed by atoms with Gasteiger partial charge in [-0.1, -0.05) is 12.7 Å². The summed E-state index contributed by atoms with van der Waals surface area (Å²) in [4.78, 5) is 3.60. The van der Waals surface area contributed by atoms with E-state index in [2.05, 4.69) is 17.4 Å². The second kappa shape index (κ2) is 4.88. The standard InChI is InChI=1S/C7H10N2/c1-3-7(8)5-6-9-4-2/h3-5H,2,8H2,1H3/b7-3+. The van der Waals surface area contributed by atoms with Gasteiger partial charge in [0.25, 0.3) is 0 Å². The Morgan fingerprint density at radius 2 is 2.44 bits per heavy atom. The molecule has 0 saturated heterocycles. The Morgan fingerprint density at radius 3 is 2.89 bits per heavy atom. The molecule has 2 heteroatoms. The fraction of sp³-hybridized carbons (Fsp3) is 0.143. The number of allylic oxidation sites excluding steroid dienone is 2. The first-order valence-electron chi connectivity index (χ1n) is 2.62. The van der Waals surface area contributed by atoms with Crippen LogP contribution in [-0.4, -0.2) is 5.87 Å². The van der Waals surface area contributed by atoms with E-state index in [-0.39, 0.29) is 0 Å². The molecule has 0 amide bonds. The zero-order valence-corrected chi connectivity index (χ0v) is 5.46. The van der Waals surface area contributed by atoms with Crippen LogP contribution >= 0.6 is 0 Å². The number of hydrogen-bond acceptors (Lipinski definition) is 2. The van der Waals surface area contributed by atoms with Gasteiger partial charge in [-0.05, 0) is 12.8 Å². The van der Waals surface area contributed by atoms with Crippen LogP contribution in [0, 0.1) is 0 Å². The fourth-order valence-electron chi connectivity index (χ4n) is 0.248. The first kappa shape index (κ1) is 7.73. The third kappa shape index (κ3) is 4.59. The monoisotopic (exact) mass is 122 g/mol. The molecule has 0 aromatic rings. The molecule has 0 aromatic carbocycles. The number of nitrogens with zero attached hydrogens (tertiary/aromatic N) is 1. The normalized spacial score (nSPS) is 9.67. The van der Waals surface area contributed by atoms with Crippen molar-refractivity contribution in [1.82, 2.24) is 0 Å². The summed E-state index contributed by atoms with van der Waals surface area (Å²) in [5.41, 5.74) is 6.02. The molecule has 0 aliphatic carbocycles. The maximum absolute atomic E-state index is 5.36. The molecule has 0 rings (SSSR count). The van der Waals surface area contributed by atoms with E-state index < -0.39 is 0 Å². The molecule has 0 unspecified atom stereocenters. The Bertz CT molecular complexity index is 171. The minimum Gasteiger partial charge on any atom is -0.398 e. The summed E-state index contributed by atoms with van der Waals surface area (Å²) >= 11 is 0. The lowest BCUT2D eigenvalue weighted by Crippen LogP contribution is -1.90. The maximum Gasteiger partial charge on any atom is 0.0364 e. The van der Waals surface area contributed by atoms with Crippen molar-refractivity contribution in [2.45, 2.75) is 6.92 Å². The van der Waals surface area contributed by atoms with Crippen LogP contribution in [0.4, 0.5) is 0 Å². The molecule has 2 nitrogen and oxygen atoms in total. The zero-order valence-electron chi connectivity index (χ0n) is 5.46. The van der Waals surface area contributed by atoms with Gasteiger partial charge >= 0.3 is 0 Å². The minimum absolute atomic E-state index is 0.653. The molecule has 0 aromatic heterocycles. The summed E-state index contributed by atoms with van der Waals surface area (Å²) in [6.07, 6.45) is 4.76. The van der Waals surface area contributed by atoms with E-state index in [0.29, 0.717) is 5.70 Å². The average molecular weight is 122 g/mol. The molecule has 0 atom stereocenters. The first-order valence-corrected chi connectivity index (χ1v) is 2.62. The van der Waals surface area contributed by atoms with Crippen molar-refractivity contribution < 1.29 is 0 Å². The van der Waals surface area contributed by atoms with E-state index in [4.69, 9.17) is 5.73 Å². The summed E-state index contributed by atoms with van der Waals surface area (Å²) in [6.45, 7) is 5.22. The molecule has 0 heterocycles. The Kier molecular flexibility index (Phi) is 4.19. The van der Waals surface area contributed by atoms with Crippen LogP contribution in [0.5, 0.6) is 0 Å². The van der Waals surface area contributed by atoms with Gasteiger partial charge in [0.15, 0.2) is 0 Å². The molecule has 0 bridgehead atoms. The highest BCUT2D eigenvalue weighted by atomic mass is 14.6. The number of hydrogen-bond donors (Lipinski definition) is 1. The van der Waals surface area contributed by atoms with Crippen LogP contribution in [0.2, 0.25) is 0 Å². The molecule has 0 aliphatic rings. The SMILES string of the molecule is C=CN=C=C/C(N)=C\C. The molecule has 2 N–H and O–H groups in total. The second-order valence-corrected chi connectivity index (χ2v) is 1.37. The summed E-state index contributed by atoms with van der Waals surface area (Å²) in [6, 6.07) is 0. The van der Waals surface area contributed by atoms with Crippen LogP contribution < -0.4 is 5.73 Å². The highest BCUT2D eigenvalue weighted by molar-refractivity contribution is 5.57. The van der Waals surface area contributed by atoms with E-state index in [9.17, 15) is 0 Å². The van der Waals surface area contributed by atoms with Gasteiger partial charge in [-0.3, -0.25) is 0 Å². The van der Waals surface area contributed by atoms with Crippen LogP contribution in [0.25, 0.3) is 0 Å². The lowest BCUT2D eigenvalue weighted by atomic mass is 10.4. The van der Waals surface area contributed by atoms with Crippen LogP contribution in [0.15, 0.2) is 35.6 Å². The van der Waals surface area contributed by atoms with Crippen molar-refractivity contribution in [2.75, 3.05) is 0 Å². The van der Waals surface area contributed by atoms with Crippen LogP contribution in [-0.2, 0) is 0 Å². The Morgan fingerprint density at radius 1 is 1.78 bits per heavy atom. The Balaban J connectivity index is 3.99. The summed E-state index contributed by atoms with van der Waals surface area (Å²) in [5.74, 6) is 2.57. The van der Waals surface area contributed by atoms with Gasteiger partial charge in [0.05, 0.1) is 0 Å². The highest BCUT2D eigenvalue weighted by Crippen LogP contribution is 1.79. The van der Waals surface area contributed by atoms with E-state index in [1.807, 2.05) is 6.92 Å². The average Bonchev–Trinajstić information content (AvgIpc) is 1.89. The van der Waals surface area contributed by atoms with Crippen molar-refractivity contribution >= 4 is 5.87 Å². The van der Waals surface area contributed by atoms with Crippen LogP contribution in [0.3, 0.4) is 0 Å². The molecule has 0 fully saturated rings. The minimum atomic E-state index is 0.653. The smallest absolute Gasteiger partial charge is 0.0364 e. The van der Waals surface area contributed by atoms with Gasteiger partial charge in [-0.25, -0.2) is 4.99 Å². The van der Waals surface area contributed by atoms with Gasteiger partial charge in [-0.15, -0.1) is 0 Å². The Hall–Kier alpha value is -1.27. The third-order valence-electron chi connectivity index (χ3n) is 0.730. The van der Waals surface area contributed by atoms with Crippen molar-refractivity contribution in [2.24, 2.45) is 10.7 Å². The van der Waals surface area contributed by atoms with Gasteiger partial charge in [0.2, 0.25) is 0 Å². The summed E-state index contributed by atoms with van der Waals surface area (Å²) in [7, 11) is 0. The van der Waals surface area contributed by atoms with E-state index in [1.165, 1.54) is 6.20 Å². The third-order valence-corrected chi connectivity index (χ3v) is 0.730. The largest absolute Gasteiger partial charge is 0.398 e. The molecule has 9 heavy (non-hydrogen) atoms. The van der Waals surface area contributed by atoms with Crippen molar-refractivity contribution in [3.8, 4) is 0 Å². The maximum atomic E-state index is 5.36. The van der Waals surface area contributed by atoms with Gasteiger partial charge in [-0.2, -0.15) is 0 Å². The molecule has 0 aliphatic heterocycles. The van der Waals surface area contributed by atoms with Gasteiger partial charge < -0.3 is 5.73 Å². The molecule has 0 radical (unpaired) electrons. The first-order chi connectivity index (χ1) is 4.31. The van der Waals surface area contributed by atoms with E-state index >= 15 is 0 Å².